The molecule has 4 heteroatoms. The van der Waals surface area contributed by atoms with Crippen LogP contribution >= 0.6 is 0 Å². The minimum Gasteiger partial charge on any atom is -0.394 e. The lowest BCUT2D eigenvalue weighted by Crippen LogP contribution is -2.73. The highest BCUT2D eigenvalue weighted by atomic mass is 16.5. The number of carbonyl (C=O) groups is 1. The molecular weight excluding hydrogens is 230 g/mol. The van der Waals surface area contributed by atoms with Gasteiger partial charge in [-0.05, 0) is 18.3 Å². The first-order valence-electron chi connectivity index (χ1n) is 6.77. The maximum atomic E-state index is 12.5. The zero-order valence-electron chi connectivity index (χ0n) is 11.9. The summed E-state index contributed by atoms with van der Waals surface area (Å²) in [7, 11) is 1.60. The fourth-order valence-corrected chi connectivity index (χ4v) is 3.67. The summed E-state index contributed by atoms with van der Waals surface area (Å²) in [5.41, 5.74) is -0.679. The van der Waals surface area contributed by atoms with Crippen molar-refractivity contribution in [1.82, 2.24) is 4.90 Å². The van der Waals surface area contributed by atoms with Gasteiger partial charge in [-0.1, -0.05) is 20.8 Å². The molecule has 0 spiro atoms. The third-order valence-electron chi connectivity index (χ3n) is 4.63. The van der Waals surface area contributed by atoms with Crippen LogP contribution in [0.5, 0.6) is 0 Å². The van der Waals surface area contributed by atoms with Gasteiger partial charge in [0.1, 0.15) is 5.54 Å². The number of piperidine rings is 3. The number of hydrogen-bond donors (Lipinski definition) is 1. The predicted molar refractivity (Wildman–Crippen MR) is 69.4 cm³/mol. The highest BCUT2D eigenvalue weighted by molar-refractivity contribution is 5.92. The first-order chi connectivity index (χ1) is 8.36. The number of aliphatic hydroxyl groups excluding tert-OH is 1. The fraction of sp³-hybridized carbons (Fsp3) is 0.929. The molecule has 18 heavy (non-hydrogen) atoms. The van der Waals surface area contributed by atoms with E-state index in [0.29, 0.717) is 12.6 Å². The van der Waals surface area contributed by atoms with Crippen LogP contribution in [-0.4, -0.2) is 54.2 Å². The van der Waals surface area contributed by atoms with Crippen LogP contribution < -0.4 is 0 Å². The van der Waals surface area contributed by atoms with Crippen molar-refractivity contribution in [1.29, 1.82) is 0 Å². The molecule has 3 aliphatic heterocycles. The number of fused-ring (bicyclic) bond motifs is 3. The Kier molecular flexibility index (Phi) is 3.56. The highest BCUT2D eigenvalue weighted by Gasteiger charge is 2.58. The molecule has 0 aliphatic carbocycles. The van der Waals surface area contributed by atoms with Gasteiger partial charge in [0.05, 0.1) is 13.2 Å². The molecular formula is C14H25NO3. The highest BCUT2D eigenvalue weighted by Crippen LogP contribution is 2.45. The minimum atomic E-state index is -0.798. The van der Waals surface area contributed by atoms with Gasteiger partial charge in [-0.3, -0.25) is 9.69 Å². The molecule has 0 aromatic heterocycles. The van der Waals surface area contributed by atoms with Crippen LogP contribution in [0.15, 0.2) is 0 Å². The number of Topliss-reactive ketones (excluding diaryl/α,β-unsaturated/α-hetero) is 1. The van der Waals surface area contributed by atoms with Crippen molar-refractivity contribution < 1.29 is 14.6 Å². The van der Waals surface area contributed by atoms with Crippen LogP contribution in [-0.2, 0) is 9.53 Å². The molecule has 0 aromatic carbocycles. The molecule has 0 aromatic rings. The van der Waals surface area contributed by atoms with E-state index in [2.05, 4.69) is 25.7 Å². The fourth-order valence-electron chi connectivity index (χ4n) is 3.67. The summed E-state index contributed by atoms with van der Waals surface area (Å²) in [4.78, 5) is 14.7. The molecule has 1 unspecified atom stereocenters. The van der Waals surface area contributed by atoms with Gasteiger partial charge in [-0.15, -0.1) is 0 Å². The van der Waals surface area contributed by atoms with E-state index < -0.39 is 5.54 Å². The topological polar surface area (TPSA) is 49.8 Å². The van der Waals surface area contributed by atoms with Crippen LogP contribution in [0, 0.1) is 11.3 Å². The first kappa shape index (κ1) is 14.0. The van der Waals surface area contributed by atoms with Crippen molar-refractivity contribution in [2.24, 2.45) is 11.3 Å². The molecule has 4 atom stereocenters. The SMILES string of the molecule is COC[C@]1(CO)C(=O)[C@H]2CCN1[C@@H](C(C)(C)C)C2. The van der Waals surface area contributed by atoms with Gasteiger partial charge >= 0.3 is 0 Å². The molecule has 4 nitrogen and oxygen atoms in total. The normalized spacial score (nSPS) is 40.3. The average Bonchev–Trinajstić information content (AvgIpc) is 2.32. The van der Waals surface area contributed by atoms with E-state index in [1.807, 2.05) is 0 Å². The summed E-state index contributed by atoms with van der Waals surface area (Å²) in [6.07, 6.45) is 1.85. The summed E-state index contributed by atoms with van der Waals surface area (Å²) in [6, 6.07) is 0.344. The minimum absolute atomic E-state index is 0.0986. The zero-order chi connectivity index (χ0) is 13.6. The van der Waals surface area contributed by atoms with Crippen LogP contribution in [0.1, 0.15) is 33.6 Å². The predicted octanol–water partition coefficient (Wildman–Crippen LogP) is 1.07. The van der Waals surface area contributed by atoms with Crippen molar-refractivity contribution in [2.75, 3.05) is 26.9 Å². The number of carbonyl (C=O) groups excluding carboxylic acids is 1. The Morgan fingerprint density at radius 3 is 2.67 bits per heavy atom. The van der Waals surface area contributed by atoms with Gasteiger partial charge in [-0.25, -0.2) is 0 Å². The van der Waals surface area contributed by atoms with Crippen LogP contribution in [0.3, 0.4) is 0 Å². The van der Waals surface area contributed by atoms with E-state index in [9.17, 15) is 9.90 Å². The summed E-state index contributed by atoms with van der Waals surface area (Å²) < 4.78 is 5.24. The lowest BCUT2D eigenvalue weighted by molar-refractivity contribution is -0.173. The second-order valence-corrected chi connectivity index (χ2v) is 6.78. The van der Waals surface area contributed by atoms with E-state index in [4.69, 9.17) is 4.74 Å². The van der Waals surface area contributed by atoms with E-state index in [-0.39, 0.29) is 23.7 Å². The molecule has 3 aliphatic rings. The van der Waals surface area contributed by atoms with E-state index >= 15 is 0 Å². The van der Waals surface area contributed by atoms with Crippen LogP contribution in [0.4, 0.5) is 0 Å². The van der Waals surface area contributed by atoms with Crippen molar-refractivity contribution in [3.8, 4) is 0 Å². The smallest absolute Gasteiger partial charge is 0.161 e. The summed E-state index contributed by atoms with van der Waals surface area (Å²) >= 11 is 0. The number of hydrogen-bond acceptors (Lipinski definition) is 4. The summed E-state index contributed by atoms with van der Waals surface area (Å²) in [6.45, 7) is 7.67. The Morgan fingerprint density at radius 1 is 1.50 bits per heavy atom. The van der Waals surface area contributed by atoms with Crippen LogP contribution in [0.2, 0.25) is 0 Å². The first-order valence-corrected chi connectivity index (χ1v) is 6.77. The quantitative estimate of drug-likeness (QED) is 0.819. The molecule has 0 amide bonds. The molecule has 3 saturated heterocycles. The van der Waals surface area contributed by atoms with Gasteiger partial charge in [0.15, 0.2) is 5.78 Å². The number of aliphatic hydroxyl groups is 1. The monoisotopic (exact) mass is 255 g/mol. The van der Waals surface area contributed by atoms with Crippen molar-refractivity contribution in [2.45, 2.75) is 45.2 Å². The number of methoxy groups -OCH3 is 1. The largest absolute Gasteiger partial charge is 0.394 e. The Morgan fingerprint density at radius 2 is 2.17 bits per heavy atom. The van der Waals surface area contributed by atoms with Gasteiger partial charge in [0, 0.05) is 25.6 Å². The molecule has 0 radical (unpaired) electrons. The molecule has 3 rings (SSSR count). The Balaban J connectivity index is 2.37. The lowest BCUT2D eigenvalue weighted by atomic mass is 9.65. The number of ketones is 1. The third kappa shape index (κ3) is 1.91. The summed E-state index contributed by atoms with van der Waals surface area (Å²) in [5.74, 6) is 0.278. The van der Waals surface area contributed by atoms with Crippen molar-refractivity contribution >= 4 is 5.78 Å². The Hall–Kier alpha value is -0.450. The molecule has 3 heterocycles. The second kappa shape index (κ2) is 4.58. The third-order valence-corrected chi connectivity index (χ3v) is 4.63. The van der Waals surface area contributed by atoms with Crippen molar-refractivity contribution in [3.05, 3.63) is 0 Å². The maximum Gasteiger partial charge on any atom is 0.161 e. The molecule has 1 N–H and O–H groups in total. The molecule has 2 bridgehead atoms. The van der Waals surface area contributed by atoms with Gasteiger partial charge < -0.3 is 9.84 Å². The zero-order valence-corrected chi connectivity index (χ0v) is 11.9. The number of ether oxygens (including phenoxy) is 1. The second-order valence-electron chi connectivity index (χ2n) is 6.78. The molecule has 0 saturated carbocycles. The lowest BCUT2D eigenvalue weighted by Gasteiger charge is -2.59. The van der Waals surface area contributed by atoms with Gasteiger partial charge in [0.25, 0.3) is 0 Å². The average molecular weight is 255 g/mol. The van der Waals surface area contributed by atoms with E-state index in [0.717, 1.165) is 19.4 Å². The van der Waals surface area contributed by atoms with Gasteiger partial charge in [-0.2, -0.15) is 0 Å². The van der Waals surface area contributed by atoms with Gasteiger partial charge in [0.2, 0.25) is 0 Å². The Bertz CT molecular complexity index is 336. The van der Waals surface area contributed by atoms with Crippen molar-refractivity contribution in [3.63, 3.8) is 0 Å². The summed E-state index contributed by atoms with van der Waals surface area (Å²) in [5, 5.41) is 9.81. The Labute approximate surface area is 109 Å². The van der Waals surface area contributed by atoms with E-state index in [1.54, 1.807) is 7.11 Å². The van der Waals surface area contributed by atoms with E-state index in [1.165, 1.54) is 0 Å². The number of nitrogens with zero attached hydrogens (tertiary/aromatic N) is 1. The molecule has 3 fully saturated rings. The van der Waals surface area contributed by atoms with Crippen LogP contribution in [0.25, 0.3) is 0 Å². The number of rotatable bonds is 3. The maximum absolute atomic E-state index is 12.5. The molecule has 104 valence electrons. The standard InChI is InChI=1S/C14H25NO3/c1-13(2,3)11-7-10-5-6-15(11)14(8-16,9-18-4)12(10)17/h10-11,16H,5-9H2,1-4H3/t10-,11+,14+/m0/s1.